The van der Waals surface area contributed by atoms with Crippen molar-refractivity contribution in [3.05, 3.63) is 22.7 Å². The molecular weight excluding hydrogens is 378 g/mol. The third kappa shape index (κ3) is 11.8. The monoisotopic (exact) mass is 423 g/mol. The first-order valence-corrected chi connectivity index (χ1v) is 12.5. The van der Waals surface area contributed by atoms with Gasteiger partial charge in [0, 0.05) is 11.6 Å². The van der Waals surface area contributed by atoms with E-state index in [2.05, 4.69) is 27.7 Å². The van der Waals surface area contributed by atoms with Gasteiger partial charge in [0.2, 0.25) is 0 Å². The van der Waals surface area contributed by atoms with Crippen LogP contribution >= 0.6 is 11.6 Å². The number of hydrogen-bond acceptors (Lipinski definition) is 2. The Balaban J connectivity index is 2.06. The Morgan fingerprint density at radius 2 is 1.21 bits per heavy atom. The van der Waals surface area contributed by atoms with Crippen molar-refractivity contribution in [3.63, 3.8) is 0 Å². The third-order valence-corrected chi connectivity index (χ3v) is 5.99. The molecule has 29 heavy (non-hydrogen) atoms. The molecule has 2 nitrogen and oxygen atoms in total. The number of rotatable bonds is 16. The van der Waals surface area contributed by atoms with Gasteiger partial charge in [-0.15, -0.1) is 0 Å². The highest BCUT2D eigenvalue weighted by Gasteiger charge is 2.20. The van der Waals surface area contributed by atoms with Crippen molar-refractivity contribution in [3.8, 4) is 5.75 Å². The fourth-order valence-electron chi connectivity index (χ4n) is 3.76. The van der Waals surface area contributed by atoms with Crippen LogP contribution in [0.25, 0.3) is 0 Å². The first-order chi connectivity index (χ1) is 13.9. The third-order valence-electron chi connectivity index (χ3n) is 5.66. The minimum absolute atomic E-state index is 0.0104. The zero-order valence-electron chi connectivity index (χ0n) is 19.6. The summed E-state index contributed by atoms with van der Waals surface area (Å²) in [5.74, 6) is 0.881. The summed E-state index contributed by atoms with van der Waals surface area (Å²) in [6, 6.07) is 3.84. The van der Waals surface area contributed by atoms with E-state index in [-0.39, 0.29) is 5.41 Å². The van der Waals surface area contributed by atoms with Crippen LogP contribution in [0.4, 0.5) is 5.69 Å². The van der Waals surface area contributed by atoms with Crippen LogP contribution in [0.5, 0.6) is 5.75 Å². The topological polar surface area (TPSA) is 35.2 Å². The maximum absolute atomic E-state index is 6.20. The molecule has 1 rings (SSSR count). The zero-order chi connectivity index (χ0) is 21.5. The molecule has 0 amide bonds. The fraction of sp³-hybridized carbons (Fsp3) is 0.769. The molecule has 0 radical (unpaired) electrons. The van der Waals surface area contributed by atoms with Gasteiger partial charge in [-0.1, -0.05) is 123 Å². The average Bonchev–Trinajstić information content (AvgIpc) is 2.66. The summed E-state index contributed by atoms with van der Waals surface area (Å²) in [6.45, 7) is 9.56. The normalized spacial score (nSPS) is 11.8. The van der Waals surface area contributed by atoms with Crippen molar-refractivity contribution in [2.45, 2.75) is 123 Å². The molecule has 2 N–H and O–H groups in total. The summed E-state index contributed by atoms with van der Waals surface area (Å²) in [5.41, 5.74) is 7.73. The zero-order valence-corrected chi connectivity index (χ0v) is 20.4. The van der Waals surface area contributed by atoms with Gasteiger partial charge in [-0.3, -0.25) is 0 Å². The van der Waals surface area contributed by atoms with Gasteiger partial charge in [0.25, 0.3) is 0 Å². The summed E-state index contributed by atoms with van der Waals surface area (Å²) in [5, 5.41) is 0.578. The van der Waals surface area contributed by atoms with Crippen LogP contribution < -0.4 is 10.5 Å². The van der Waals surface area contributed by atoms with E-state index >= 15 is 0 Å². The second-order valence-electron chi connectivity index (χ2n) is 9.56. The first kappa shape index (κ1) is 26.1. The molecule has 0 unspecified atom stereocenters. The van der Waals surface area contributed by atoms with Crippen molar-refractivity contribution in [2.24, 2.45) is 0 Å². The lowest BCUT2D eigenvalue weighted by atomic mass is 9.86. The van der Waals surface area contributed by atoms with Gasteiger partial charge in [-0.2, -0.15) is 0 Å². The molecule has 168 valence electrons. The molecule has 0 aliphatic carbocycles. The smallest absolute Gasteiger partial charge is 0.124 e. The molecule has 0 fully saturated rings. The first-order valence-electron chi connectivity index (χ1n) is 12.1. The van der Waals surface area contributed by atoms with Crippen LogP contribution in [-0.2, 0) is 5.41 Å². The van der Waals surface area contributed by atoms with E-state index < -0.39 is 0 Å². The largest absolute Gasteiger partial charge is 0.493 e. The molecule has 0 aliphatic heterocycles. The Morgan fingerprint density at radius 1 is 0.759 bits per heavy atom. The molecule has 0 saturated heterocycles. The number of unbranched alkanes of at least 4 members (excludes halogenated alkanes) is 13. The molecule has 0 aromatic heterocycles. The van der Waals surface area contributed by atoms with Gasteiger partial charge in [0.15, 0.2) is 0 Å². The maximum Gasteiger partial charge on any atom is 0.124 e. The number of halogens is 1. The van der Waals surface area contributed by atoms with E-state index in [1.807, 2.05) is 12.1 Å². The van der Waals surface area contributed by atoms with Gasteiger partial charge in [-0.25, -0.2) is 0 Å². The van der Waals surface area contributed by atoms with Crippen molar-refractivity contribution < 1.29 is 4.74 Å². The molecule has 0 aliphatic rings. The molecule has 0 heterocycles. The number of benzene rings is 1. The number of hydrogen-bond donors (Lipinski definition) is 1. The predicted molar refractivity (Wildman–Crippen MR) is 130 cm³/mol. The molecule has 3 heteroatoms. The van der Waals surface area contributed by atoms with Gasteiger partial charge in [0.1, 0.15) is 5.75 Å². The molecular formula is C26H46ClNO. The van der Waals surface area contributed by atoms with Crippen molar-refractivity contribution in [1.29, 1.82) is 0 Å². The van der Waals surface area contributed by atoms with Crippen LogP contribution in [0.2, 0.25) is 5.02 Å². The summed E-state index contributed by atoms with van der Waals surface area (Å²) in [7, 11) is 0. The SMILES string of the molecule is CCCCCCCCCCCCCCCCOc1cc(Cl)c(N)cc1C(C)(C)C. The molecule has 1 aromatic rings. The number of ether oxygens (including phenoxy) is 1. The standard InChI is InChI=1S/C26H46ClNO/c1-5-6-7-8-9-10-11-12-13-14-15-16-17-18-19-29-25-21-23(27)24(28)20-22(25)26(2,3)4/h20-21H,5-19,28H2,1-4H3. The number of anilines is 1. The molecule has 0 bridgehead atoms. The average molecular weight is 424 g/mol. The Hall–Kier alpha value is -0.890. The van der Waals surface area contributed by atoms with Crippen LogP contribution in [0.1, 0.15) is 123 Å². The second kappa shape index (κ2) is 15.0. The summed E-state index contributed by atoms with van der Waals surface area (Å²) in [6.07, 6.45) is 19.2. The van der Waals surface area contributed by atoms with E-state index in [1.54, 1.807) is 0 Å². The lowest BCUT2D eigenvalue weighted by Gasteiger charge is -2.24. The predicted octanol–water partition coefficient (Wildman–Crippen LogP) is 9.08. The van der Waals surface area contributed by atoms with Crippen LogP contribution in [0, 0.1) is 0 Å². The van der Waals surface area contributed by atoms with Crippen LogP contribution in [0.15, 0.2) is 12.1 Å². The molecule has 0 atom stereocenters. The van der Waals surface area contributed by atoms with E-state index in [0.29, 0.717) is 10.7 Å². The minimum Gasteiger partial charge on any atom is -0.493 e. The molecule has 0 saturated carbocycles. The Bertz CT molecular complexity index is 550. The summed E-state index contributed by atoms with van der Waals surface area (Å²) in [4.78, 5) is 0. The lowest BCUT2D eigenvalue weighted by Crippen LogP contribution is -2.14. The van der Waals surface area contributed by atoms with Gasteiger partial charge in [-0.05, 0) is 17.9 Å². The summed E-state index contributed by atoms with van der Waals surface area (Å²) >= 11 is 6.20. The Labute approximate surface area is 185 Å². The second-order valence-corrected chi connectivity index (χ2v) is 9.97. The minimum atomic E-state index is -0.0104. The van der Waals surface area contributed by atoms with Crippen LogP contribution in [-0.4, -0.2) is 6.61 Å². The van der Waals surface area contributed by atoms with E-state index in [9.17, 15) is 0 Å². The Kier molecular flexibility index (Phi) is 13.5. The quantitative estimate of drug-likeness (QED) is 0.212. The molecule has 0 spiro atoms. The van der Waals surface area contributed by atoms with Gasteiger partial charge >= 0.3 is 0 Å². The highest BCUT2D eigenvalue weighted by atomic mass is 35.5. The van der Waals surface area contributed by atoms with E-state index in [0.717, 1.165) is 24.3 Å². The van der Waals surface area contributed by atoms with E-state index in [4.69, 9.17) is 22.1 Å². The van der Waals surface area contributed by atoms with Gasteiger partial charge in [0.05, 0.1) is 17.3 Å². The van der Waals surface area contributed by atoms with E-state index in [1.165, 1.54) is 83.5 Å². The highest BCUT2D eigenvalue weighted by molar-refractivity contribution is 6.33. The van der Waals surface area contributed by atoms with Gasteiger partial charge < -0.3 is 10.5 Å². The maximum atomic E-state index is 6.20. The van der Waals surface area contributed by atoms with Crippen molar-refractivity contribution >= 4 is 17.3 Å². The van der Waals surface area contributed by atoms with Crippen LogP contribution in [0.3, 0.4) is 0 Å². The number of nitrogen functional groups attached to an aromatic ring is 1. The lowest BCUT2D eigenvalue weighted by molar-refractivity contribution is 0.296. The summed E-state index contributed by atoms with van der Waals surface area (Å²) < 4.78 is 6.07. The Morgan fingerprint density at radius 3 is 1.66 bits per heavy atom. The fourth-order valence-corrected chi connectivity index (χ4v) is 3.91. The van der Waals surface area contributed by atoms with Crippen molar-refractivity contribution in [1.82, 2.24) is 0 Å². The highest BCUT2D eigenvalue weighted by Crippen LogP contribution is 2.36. The molecule has 1 aromatic carbocycles. The number of nitrogens with two attached hydrogens (primary N) is 1. The van der Waals surface area contributed by atoms with Crippen molar-refractivity contribution in [2.75, 3.05) is 12.3 Å².